The molecule has 1 aromatic carbocycles. The van der Waals surface area contributed by atoms with E-state index in [1.165, 1.54) is 12.5 Å². The predicted molar refractivity (Wildman–Crippen MR) is 65.0 cm³/mol. The average molecular weight is 240 g/mol. The molecule has 1 atom stereocenters. The van der Waals surface area contributed by atoms with Gasteiger partial charge in [-0.1, -0.05) is 23.8 Å². The maximum absolute atomic E-state index is 13.4. The molecule has 1 N–H and O–H groups in total. The first kappa shape index (κ1) is 11.6. The summed E-state index contributed by atoms with van der Waals surface area (Å²) >= 11 is 5.83. The normalized spacial score (nSPS) is 20.0. The number of rotatable bonds is 3. The summed E-state index contributed by atoms with van der Waals surface area (Å²) in [5, 5.41) is 3.90. The number of hydrogen-bond donors (Lipinski definition) is 1. The molecule has 3 heteroatoms. The highest BCUT2D eigenvalue weighted by molar-refractivity contribution is 6.30. The average Bonchev–Trinajstić information content (AvgIpc) is 2.32. The molecule has 1 nitrogen and oxygen atoms in total. The van der Waals surface area contributed by atoms with Gasteiger partial charge in [0, 0.05) is 23.2 Å². The first-order valence-electron chi connectivity index (χ1n) is 5.59. The van der Waals surface area contributed by atoms with Gasteiger partial charge in [0.05, 0.1) is 0 Å². The van der Waals surface area contributed by atoms with E-state index in [0.29, 0.717) is 23.2 Å². The quantitative estimate of drug-likeness (QED) is 0.794. The molecule has 1 aliphatic rings. The largest absolute Gasteiger partial charge is 0.306 e. The summed E-state index contributed by atoms with van der Waals surface area (Å²) in [5.74, 6) is -0.198. The van der Waals surface area contributed by atoms with Crippen LogP contribution in [0.4, 0.5) is 4.39 Å². The first-order chi connectivity index (χ1) is 7.75. The molecule has 16 heavy (non-hydrogen) atoms. The summed E-state index contributed by atoms with van der Waals surface area (Å²) in [6.45, 7) is 0.529. The Morgan fingerprint density at radius 2 is 2.31 bits per heavy atom. The van der Waals surface area contributed by atoms with Crippen molar-refractivity contribution in [2.24, 2.45) is 0 Å². The molecule has 2 rings (SSSR count). The van der Waals surface area contributed by atoms with Crippen molar-refractivity contribution in [3.8, 4) is 0 Å². The van der Waals surface area contributed by atoms with Gasteiger partial charge in [0.2, 0.25) is 0 Å². The van der Waals surface area contributed by atoms with Crippen molar-refractivity contribution >= 4 is 11.6 Å². The second-order valence-corrected chi connectivity index (χ2v) is 4.52. The molecule has 0 heterocycles. The Morgan fingerprint density at radius 1 is 1.44 bits per heavy atom. The van der Waals surface area contributed by atoms with Crippen LogP contribution in [0.15, 0.2) is 30.4 Å². The van der Waals surface area contributed by atoms with Crippen molar-refractivity contribution in [3.63, 3.8) is 0 Å². The van der Waals surface area contributed by atoms with Crippen LogP contribution in [0.5, 0.6) is 0 Å². The smallest absolute Gasteiger partial charge is 0.127 e. The van der Waals surface area contributed by atoms with Crippen molar-refractivity contribution < 1.29 is 4.39 Å². The topological polar surface area (TPSA) is 12.0 Å². The van der Waals surface area contributed by atoms with Gasteiger partial charge in [0.25, 0.3) is 0 Å². The monoisotopic (exact) mass is 239 g/mol. The molecule has 0 aliphatic heterocycles. The van der Waals surface area contributed by atoms with E-state index in [1.807, 2.05) is 0 Å². The van der Waals surface area contributed by atoms with Gasteiger partial charge in [0.1, 0.15) is 5.82 Å². The maximum Gasteiger partial charge on any atom is 0.127 e. The van der Waals surface area contributed by atoms with E-state index in [9.17, 15) is 4.39 Å². The lowest BCUT2D eigenvalue weighted by Gasteiger charge is -2.18. The summed E-state index contributed by atoms with van der Waals surface area (Å²) in [6, 6.07) is 5.03. The van der Waals surface area contributed by atoms with Crippen LogP contribution in [-0.2, 0) is 6.54 Å². The van der Waals surface area contributed by atoms with Crippen LogP contribution < -0.4 is 5.32 Å². The molecule has 0 aromatic heterocycles. The van der Waals surface area contributed by atoms with Crippen LogP contribution in [0.1, 0.15) is 24.8 Å². The molecular formula is C13H15ClFN. The molecule has 0 spiro atoms. The first-order valence-corrected chi connectivity index (χ1v) is 5.97. The molecule has 0 amide bonds. The van der Waals surface area contributed by atoms with Crippen LogP contribution in [0, 0.1) is 5.82 Å². The van der Waals surface area contributed by atoms with Crippen LogP contribution in [-0.4, -0.2) is 6.04 Å². The van der Waals surface area contributed by atoms with Crippen molar-refractivity contribution in [1.82, 2.24) is 5.32 Å². The van der Waals surface area contributed by atoms with Crippen molar-refractivity contribution in [2.45, 2.75) is 31.8 Å². The molecule has 0 saturated carbocycles. The lowest BCUT2D eigenvalue weighted by atomic mass is 10.0. The Hall–Kier alpha value is -0.860. The van der Waals surface area contributed by atoms with Crippen LogP contribution in [0.25, 0.3) is 0 Å². The molecule has 86 valence electrons. The summed E-state index contributed by atoms with van der Waals surface area (Å²) in [5.41, 5.74) is 0.631. The van der Waals surface area contributed by atoms with E-state index < -0.39 is 0 Å². The Balaban J connectivity index is 1.95. The molecule has 0 fully saturated rings. The van der Waals surface area contributed by atoms with Crippen LogP contribution >= 0.6 is 11.6 Å². The zero-order chi connectivity index (χ0) is 11.4. The number of benzene rings is 1. The summed E-state index contributed by atoms with van der Waals surface area (Å²) in [4.78, 5) is 0. The van der Waals surface area contributed by atoms with E-state index in [2.05, 4.69) is 17.5 Å². The highest BCUT2D eigenvalue weighted by atomic mass is 35.5. The third-order valence-electron chi connectivity index (χ3n) is 2.82. The van der Waals surface area contributed by atoms with Gasteiger partial charge in [-0.05, 0) is 37.5 Å². The molecule has 1 unspecified atom stereocenters. The SMILES string of the molecule is Fc1ccc(Cl)cc1CNC1C=CCCC1. The predicted octanol–water partition coefficient (Wildman–Crippen LogP) is 3.68. The molecule has 0 bridgehead atoms. The minimum Gasteiger partial charge on any atom is -0.306 e. The van der Waals surface area contributed by atoms with Crippen LogP contribution in [0.3, 0.4) is 0 Å². The van der Waals surface area contributed by atoms with Gasteiger partial charge in [0.15, 0.2) is 0 Å². The number of hydrogen-bond acceptors (Lipinski definition) is 1. The highest BCUT2D eigenvalue weighted by Gasteiger charge is 2.09. The zero-order valence-corrected chi connectivity index (χ0v) is 9.80. The minimum absolute atomic E-state index is 0.198. The van der Waals surface area contributed by atoms with E-state index >= 15 is 0 Å². The second kappa shape index (κ2) is 5.46. The summed E-state index contributed by atoms with van der Waals surface area (Å²) < 4.78 is 13.4. The van der Waals surface area contributed by atoms with Gasteiger partial charge in [-0.3, -0.25) is 0 Å². The van der Waals surface area contributed by atoms with E-state index in [-0.39, 0.29) is 5.82 Å². The van der Waals surface area contributed by atoms with Crippen molar-refractivity contribution in [2.75, 3.05) is 0 Å². The van der Waals surface area contributed by atoms with E-state index in [4.69, 9.17) is 11.6 Å². The van der Waals surface area contributed by atoms with E-state index in [1.54, 1.807) is 12.1 Å². The molecule has 0 radical (unpaired) electrons. The van der Waals surface area contributed by atoms with E-state index in [0.717, 1.165) is 12.8 Å². The fourth-order valence-electron chi connectivity index (χ4n) is 1.90. The lowest BCUT2D eigenvalue weighted by molar-refractivity contribution is 0.509. The maximum atomic E-state index is 13.4. The Kier molecular flexibility index (Phi) is 3.97. The minimum atomic E-state index is -0.198. The molecule has 1 aromatic rings. The Bertz CT molecular complexity index is 390. The third-order valence-corrected chi connectivity index (χ3v) is 3.05. The number of nitrogens with one attached hydrogen (secondary N) is 1. The second-order valence-electron chi connectivity index (χ2n) is 4.08. The number of allylic oxidation sites excluding steroid dienone is 1. The van der Waals surface area contributed by atoms with Crippen LogP contribution in [0.2, 0.25) is 5.02 Å². The fourth-order valence-corrected chi connectivity index (χ4v) is 2.10. The van der Waals surface area contributed by atoms with Gasteiger partial charge in [-0.2, -0.15) is 0 Å². The number of halogens is 2. The fraction of sp³-hybridized carbons (Fsp3) is 0.385. The lowest BCUT2D eigenvalue weighted by Crippen LogP contribution is -2.28. The molecular weight excluding hydrogens is 225 g/mol. The molecule has 1 aliphatic carbocycles. The van der Waals surface area contributed by atoms with Gasteiger partial charge < -0.3 is 5.32 Å². The third kappa shape index (κ3) is 3.06. The zero-order valence-electron chi connectivity index (χ0n) is 9.05. The standard InChI is InChI=1S/C13H15ClFN/c14-11-6-7-13(15)10(8-11)9-16-12-4-2-1-3-5-12/h2,4,6-8,12,16H,1,3,5,9H2. The van der Waals surface area contributed by atoms with Crippen molar-refractivity contribution in [3.05, 3.63) is 46.8 Å². The Labute approximate surface area is 100 Å². The highest BCUT2D eigenvalue weighted by Crippen LogP contribution is 2.16. The van der Waals surface area contributed by atoms with Crippen molar-refractivity contribution in [1.29, 1.82) is 0 Å². The Morgan fingerprint density at radius 3 is 3.06 bits per heavy atom. The summed E-state index contributed by atoms with van der Waals surface area (Å²) in [7, 11) is 0. The summed E-state index contributed by atoms with van der Waals surface area (Å²) in [6.07, 6.45) is 7.82. The molecule has 0 saturated heterocycles. The van der Waals surface area contributed by atoms with Gasteiger partial charge in [-0.25, -0.2) is 4.39 Å². The van der Waals surface area contributed by atoms with Gasteiger partial charge >= 0.3 is 0 Å². The van der Waals surface area contributed by atoms with Gasteiger partial charge in [-0.15, -0.1) is 0 Å².